The van der Waals surface area contributed by atoms with Crippen LogP contribution in [-0.2, 0) is 24.2 Å². The van der Waals surface area contributed by atoms with E-state index in [-0.39, 0.29) is 0 Å². The Morgan fingerprint density at radius 2 is 1.89 bits per heavy atom. The number of ether oxygens (including phenoxy) is 1. The van der Waals surface area contributed by atoms with Crippen molar-refractivity contribution in [2.45, 2.75) is 19.4 Å². The highest BCUT2D eigenvalue weighted by atomic mass is 16.5. The molecule has 4 rings (SSSR count). The number of fused-ring (bicyclic) bond motifs is 3. The number of hydrogen-bond donors (Lipinski definition) is 2. The van der Waals surface area contributed by atoms with Crippen molar-refractivity contribution in [1.29, 1.82) is 0 Å². The highest BCUT2D eigenvalue weighted by Gasteiger charge is 2.14. The van der Waals surface area contributed by atoms with Gasteiger partial charge in [0.15, 0.2) is 0 Å². The average molecular weight is 359 g/mol. The molecule has 0 aliphatic carbocycles. The first-order chi connectivity index (χ1) is 13.3. The molecule has 0 atom stereocenters. The Kier molecular flexibility index (Phi) is 4.85. The number of aryl methyl sites for hydroxylation is 2. The maximum Gasteiger partial charge on any atom is 0.0922 e. The lowest BCUT2D eigenvalue weighted by atomic mass is 10.0. The molecule has 27 heavy (non-hydrogen) atoms. The van der Waals surface area contributed by atoms with Crippen molar-refractivity contribution < 1.29 is 9.94 Å². The molecule has 136 valence electrons. The first-order valence-corrected chi connectivity index (χ1v) is 8.92. The molecule has 0 aliphatic rings. The molecule has 5 nitrogen and oxygen atoms in total. The number of aromatic amines is 1. The van der Waals surface area contributed by atoms with Crippen LogP contribution in [0.1, 0.15) is 22.4 Å². The highest BCUT2D eigenvalue weighted by Crippen LogP contribution is 2.30. The number of methoxy groups -OCH3 is 1. The molecular weight excluding hydrogens is 338 g/mol. The van der Waals surface area contributed by atoms with E-state index in [1.807, 2.05) is 6.07 Å². The predicted molar refractivity (Wildman–Crippen MR) is 108 cm³/mol. The Bertz CT molecular complexity index is 1100. The number of hydrogen-bond acceptors (Lipinski definition) is 4. The molecule has 0 amide bonds. The third-order valence-electron chi connectivity index (χ3n) is 4.85. The minimum absolute atomic E-state index is 0.396. The first kappa shape index (κ1) is 17.2. The van der Waals surface area contributed by atoms with Crippen LogP contribution in [0.4, 0.5) is 0 Å². The molecule has 2 heterocycles. The van der Waals surface area contributed by atoms with Gasteiger partial charge < -0.3 is 14.9 Å². The topological polar surface area (TPSA) is 70.5 Å². The number of pyridine rings is 1. The van der Waals surface area contributed by atoms with E-state index in [1.54, 1.807) is 13.3 Å². The number of rotatable bonds is 6. The number of benzene rings is 2. The monoisotopic (exact) mass is 359 g/mol. The minimum Gasteiger partial charge on any atom is -0.411 e. The summed E-state index contributed by atoms with van der Waals surface area (Å²) >= 11 is 0. The normalized spacial score (nSPS) is 11.7. The summed E-state index contributed by atoms with van der Waals surface area (Å²) in [6.07, 6.45) is 5.10. The molecule has 0 radical (unpaired) electrons. The van der Waals surface area contributed by atoms with E-state index >= 15 is 0 Å². The Hall–Kier alpha value is -3.18. The second-order valence-electron chi connectivity index (χ2n) is 6.58. The van der Waals surface area contributed by atoms with Gasteiger partial charge in [-0.25, -0.2) is 0 Å². The summed E-state index contributed by atoms with van der Waals surface area (Å²) in [7, 11) is 1.65. The maximum absolute atomic E-state index is 8.95. The van der Waals surface area contributed by atoms with Crippen molar-refractivity contribution in [3.05, 3.63) is 77.1 Å². The molecule has 0 fully saturated rings. The summed E-state index contributed by atoms with van der Waals surface area (Å²) in [5.41, 5.74) is 6.16. The molecule has 2 aromatic carbocycles. The lowest BCUT2D eigenvalue weighted by molar-refractivity contribution is 0.185. The fourth-order valence-electron chi connectivity index (χ4n) is 3.57. The van der Waals surface area contributed by atoms with Crippen molar-refractivity contribution >= 4 is 28.0 Å². The molecule has 0 bridgehead atoms. The Morgan fingerprint density at radius 3 is 2.67 bits per heavy atom. The van der Waals surface area contributed by atoms with E-state index in [0.29, 0.717) is 12.3 Å². The van der Waals surface area contributed by atoms with Crippen molar-refractivity contribution in [3.63, 3.8) is 0 Å². The summed E-state index contributed by atoms with van der Waals surface area (Å²) in [4.78, 5) is 7.81. The second-order valence-corrected chi connectivity index (χ2v) is 6.58. The molecule has 0 saturated heterocycles. The van der Waals surface area contributed by atoms with Gasteiger partial charge in [0.1, 0.15) is 0 Å². The molecule has 0 saturated carbocycles. The van der Waals surface area contributed by atoms with Gasteiger partial charge in [-0.3, -0.25) is 4.98 Å². The van der Waals surface area contributed by atoms with Crippen LogP contribution in [0.2, 0.25) is 0 Å². The Balaban J connectivity index is 1.78. The maximum atomic E-state index is 8.95. The zero-order valence-electron chi connectivity index (χ0n) is 15.1. The molecule has 0 unspecified atom stereocenters. The fraction of sp³-hybridized carbons (Fsp3) is 0.182. The molecular formula is C22H21N3O2. The summed E-state index contributed by atoms with van der Waals surface area (Å²) in [6.45, 7) is 0.396. The third-order valence-corrected chi connectivity index (χ3v) is 4.85. The van der Waals surface area contributed by atoms with E-state index in [2.05, 4.69) is 57.6 Å². The van der Waals surface area contributed by atoms with Crippen molar-refractivity contribution in [1.82, 2.24) is 9.97 Å². The molecule has 0 aliphatic heterocycles. The standard InChI is InChI=1S/C22H21N3O2/c1-27-14-18-20(13-24-26)23-12-21-22(18)17-11-16(9-10-19(17)25-21)8-7-15-5-3-2-4-6-15/h2-6,9-13,25-26H,7-8,14H2,1H3/b24-13+. The molecule has 2 aromatic heterocycles. The minimum atomic E-state index is 0.396. The summed E-state index contributed by atoms with van der Waals surface area (Å²) < 4.78 is 5.38. The van der Waals surface area contributed by atoms with E-state index < -0.39 is 0 Å². The summed E-state index contributed by atoms with van der Waals surface area (Å²) in [5.74, 6) is 0. The highest BCUT2D eigenvalue weighted by molar-refractivity contribution is 6.10. The average Bonchev–Trinajstić information content (AvgIpc) is 3.07. The Morgan fingerprint density at radius 1 is 1.07 bits per heavy atom. The van der Waals surface area contributed by atoms with Crippen LogP contribution in [0.25, 0.3) is 21.8 Å². The van der Waals surface area contributed by atoms with Crippen LogP contribution in [0, 0.1) is 0 Å². The SMILES string of the molecule is COCc1c(/C=N/O)ncc2[nH]c3ccc(CCc4ccccc4)cc3c12. The van der Waals surface area contributed by atoms with Gasteiger partial charge in [0.05, 0.1) is 30.2 Å². The van der Waals surface area contributed by atoms with Gasteiger partial charge in [0, 0.05) is 29.0 Å². The fourth-order valence-corrected chi connectivity index (χ4v) is 3.57. The Labute approximate surface area is 157 Å². The zero-order chi connectivity index (χ0) is 18.6. The number of nitrogens with one attached hydrogen (secondary N) is 1. The van der Waals surface area contributed by atoms with E-state index in [4.69, 9.17) is 9.94 Å². The van der Waals surface area contributed by atoms with E-state index in [0.717, 1.165) is 40.2 Å². The quantitative estimate of drug-likeness (QED) is 0.303. The lowest BCUT2D eigenvalue weighted by Gasteiger charge is -2.07. The molecule has 5 heteroatoms. The van der Waals surface area contributed by atoms with E-state index in [9.17, 15) is 0 Å². The van der Waals surface area contributed by atoms with Gasteiger partial charge in [0.25, 0.3) is 0 Å². The number of nitrogens with zero attached hydrogens (tertiary/aromatic N) is 2. The summed E-state index contributed by atoms with van der Waals surface area (Å²) in [5, 5.41) is 14.3. The molecule has 2 N–H and O–H groups in total. The van der Waals surface area contributed by atoms with Gasteiger partial charge >= 0.3 is 0 Å². The number of oxime groups is 1. The van der Waals surface area contributed by atoms with Crippen molar-refractivity contribution in [3.8, 4) is 0 Å². The zero-order valence-corrected chi connectivity index (χ0v) is 15.1. The lowest BCUT2D eigenvalue weighted by Crippen LogP contribution is -1.99. The van der Waals surface area contributed by atoms with Gasteiger partial charge in [-0.15, -0.1) is 0 Å². The third kappa shape index (κ3) is 3.41. The van der Waals surface area contributed by atoms with Crippen molar-refractivity contribution in [2.75, 3.05) is 7.11 Å². The summed E-state index contributed by atoms with van der Waals surface area (Å²) in [6, 6.07) is 17.0. The van der Waals surface area contributed by atoms with Crippen LogP contribution < -0.4 is 0 Å². The molecule has 0 spiro atoms. The molecule has 4 aromatic rings. The predicted octanol–water partition coefficient (Wildman–Crippen LogP) is 4.46. The van der Waals surface area contributed by atoms with Gasteiger partial charge in [-0.2, -0.15) is 0 Å². The second kappa shape index (κ2) is 7.60. The van der Waals surface area contributed by atoms with Gasteiger partial charge in [-0.05, 0) is 36.1 Å². The smallest absolute Gasteiger partial charge is 0.0922 e. The van der Waals surface area contributed by atoms with E-state index in [1.165, 1.54) is 17.3 Å². The van der Waals surface area contributed by atoms with Crippen LogP contribution in [0.3, 0.4) is 0 Å². The van der Waals surface area contributed by atoms with Crippen molar-refractivity contribution in [2.24, 2.45) is 5.16 Å². The van der Waals surface area contributed by atoms with Crippen LogP contribution in [0.15, 0.2) is 59.9 Å². The van der Waals surface area contributed by atoms with Crippen LogP contribution in [-0.4, -0.2) is 28.5 Å². The van der Waals surface area contributed by atoms with Crippen LogP contribution in [0.5, 0.6) is 0 Å². The first-order valence-electron chi connectivity index (χ1n) is 8.92. The number of H-pyrrole nitrogens is 1. The van der Waals surface area contributed by atoms with Gasteiger partial charge in [0.2, 0.25) is 0 Å². The van der Waals surface area contributed by atoms with Gasteiger partial charge in [-0.1, -0.05) is 41.6 Å². The number of aromatic nitrogens is 2. The van der Waals surface area contributed by atoms with Crippen LogP contribution >= 0.6 is 0 Å². The largest absolute Gasteiger partial charge is 0.411 e.